The van der Waals surface area contributed by atoms with Gasteiger partial charge in [-0.05, 0) is 0 Å². The molecule has 0 saturated heterocycles. The van der Waals surface area contributed by atoms with Crippen molar-refractivity contribution < 1.29 is 5.11 Å². The van der Waals surface area contributed by atoms with Gasteiger partial charge in [-0.2, -0.15) is 0 Å². The van der Waals surface area contributed by atoms with Crippen LogP contribution in [0.5, 0.6) is 0 Å². The van der Waals surface area contributed by atoms with E-state index < -0.39 is 8.07 Å². The summed E-state index contributed by atoms with van der Waals surface area (Å²) >= 11 is 0. The molecule has 1 N–H and O–H groups in total. The van der Waals surface area contributed by atoms with E-state index in [9.17, 15) is 0 Å². The molecule has 0 saturated carbocycles. The van der Waals surface area contributed by atoms with E-state index in [0.29, 0.717) is 0 Å². The summed E-state index contributed by atoms with van der Waals surface area (Å²) in [5.74, 6) is 0. The van der Waals surface area contributed by atoms with Gasteiger partial charge in [0.1, 0.15) is 0 Å². The van der Waals surface area contributed by atoms with Gasteiger partial charge in [-0.1, -0.05) is 25.7 Å². The van der Waals surface area contributed by atoms with Crippen LogP contribution in [-0.2, 0) is 0 Å². The Balaban J connectivity index is 3.80. The Kier molecular flexibility index (Phi) is 2.44. The van der Waals surface area contributed by atoms with Crippen LogP contribution in [0.4, 0.5) is 0 Å². The summed E-state index contributed by atoms with van der Waals surface area (Å²) in [6.07, 6.45) is 1.62. The van der Waals surface area contributed by atoms with Gasteiger partial charge in [0.15, 0.2) is 0 Å². The number of rotatable bonds is 2. The SMILES string of the molecule is C=C[C@H](O)[Si](C)(C)C. The Hall–Kier alpha value is -0.0831. The second kappa shape index (κ2) is 2.46. The van der Waals surface area contributed by atoms with E-state index in [1.807, 2.05) is 0 Å². The van der Waals surface area contributed by atoms with Crippen molar-refractivity contribution in [3.05, 3.63) is 12.7 Å². The maximum absolute atomic E-state index is 9.14. The molecule has 2 heteroatoms. The van der Waals surface area contributed by atoms with Gasteiger partial charge < -0.3 is 5.11 Å². The molecule has 0 radical (unpaired) electrons. The van der Waals surface area contributed by atoms with Gasteiger partial charge in [-0.3, -0.25) is 0 Å². The molecule has 48 valence electrons. The highest BCUT2D eigenvalue weighted by molar-refractivity contribution is 6.77. The molecule has 0 aromatic carbocycles. The van der Waals surface area contributed by atoms with Crippen LogP contribution in [0.1, 0.15) is 0 Å². The molecule has 0 amide bonds. The molecule has 1 atom stereocenters. The molecule has 0 fully saturated rings. The third-order valence-electron chi connectivity index (χ3n) is 1.11. The molecule has 1 nitrogen and oxygen atoms in total. The van der Waals surface area contributed by atoms with Crippen molar-refractivity contribution in [1.29, 1.82) is 0 Å². The van der Waals surface area contributed by atoms with Crippen molar-refractivity contribution in [1.82, 2.24) is 0 Å². The molecule has 0 bridgehead atoms. The fourth-order valence-corrected chi connectivity index (χ4v) is 1.06. The van der Waals surface area contributed by atoms with Crippen LogP contribution in [0.15, 0.2) is 12.7 Å². The van der Waals surface area contributed by atoms with Crippen LogP contribution in [0.2, 0.25) is 19.6 Å². The Morgan fingerprint density at radius 2 is 1.88 bits per heavy atom. The molecule has 0 rings (SSSR count). The Labute approximate surface area is 52.0 Å². The minimum atomic E-state index is -1.32. The third kappa shape index (κ3) is 2.28. The van der Waals surface area contributed by atoms with Crippen molar-refractivity contribution in [2.75, 3.05) is 0 Å². The van der Waals surface area contributed by atoms with Crippen LogP contribution in [-0.4, -0.2) is 18.9 Å². The van der Waals surface area contributed by atoms with E-state index in [1.165, 1.54) is 0 Å². The predicted molar refractivity (Wildman–Crippen MR) is 39.5 cm³/mol. The van der Waals surface area contributed by atoms with Gasteiger partial charge in [0.25, 0.3) is 0 Å². The molecule has 0 unspecified atom stereocenters. The highest BCUT2D eigenvalue weighted by atomic mass is 28.3. The lowest BCUT2D eigenvalue weighted by molar-refractivity contribution is 0.291. The predicted octanol–water partition coefficient (Wildman–Crippen LogP) is 1.41. The first kappa shape index (κ1) is 7.92. The third-order valence-corrected chi connectivity index (χ3v) is 3.12. The lowest BCUT2D eigenvalue weighted by Gasteiger charge is -2.19. The lowest BCUT2D eigenvalue weighted by Crippen LogP contribution is -2.36. The normalized spacial score (nSPS) is 15.5. The van der Waals surface area contributed by atoms with E-state index in [2.05, 4.69) is 26.2 Å². The average Bonchev–Trinajstić information content (AvgIpc) is 1.62. The number of aliphatic hydroxyl groups excluding tert-OH is 1. The highest BCUT2D eigenvalue weighted by Gasteiger charge is 2.20. The quantitative estimate of drug-likeness (QED) is 0.442. The number of hydrogen-bond acceptors (Lipinski definition) is 1. The van der Waals surface area contributed by atoms with Crippen LogP contribution >= 0.6 is 0 Å². The van der Waals surface area contributed by atoms with Crippen molar-refractivity contribution in [3.8, 4) is 0 Å². The Morgan fingerprint density at radius 1 is 1.50 bits per heavy atom. The zero-order valence-electron chi connectivity index (χ0n) is 5.81. The summed E-state index contributed by atoms with van der Waals surface area (Å²) in [5.41, 5.74) is -0.248. The summed E-state index contributed by atoms with van der Waals surface area (Å²) < 4.78 is 0. The van der Waals surface area contributed by atoms with Crippen LogP contribution in [0.25, 0.3) is 0 Å². The number of aliphatic hydroxyl groups is 1. The van der Waals surface area contributed by atoms with E-state index in [4.69, 9.17) is 5.11 Å². The van der Waals surface area contributed by atoms with Crippen LogP contribution < -0.4 is 0 Å². The zero-order chi connectivity index (χ0) is 6.78. The largest absolute Gasteiger partial charge is 0.393 e. The van der Waals surface area contributed by atoms with Crippen molar-refractivity contribution in [3.63, 3.8) is 0 Å². The standard InChI is InChI=1S/C6H14OSi/c1-5-6(7)8(2,3)4/h5-7H,1H2,2-4H3/t6-/m1/s1. The summed E-state index contributed by atoms with van der Waals surface area (Å²) in [7, 11) is -1.32. The van der Waals surface area contributed by atoms with Crippen LogP contribution in [0, 0.1) is 0 Å². The maximum Gasteiger partial charge on any atom is 0.0830 e. The lowest BCUT2D eigenvalue weighted by atomic mass is 10.7. The molecule has 0 aliphatic heterocycles. The molecule has 0 heterocycles. The van der Waals surface area contributed by atoms with Crippen LogP contribution in [0.3, 0.4) is 0 Å². The molecule has 0 aromatic heterocycles. The van der Waals surface area contributed by atoms with Gasteiger partial charge in [-0.25, -0.2) is 0 Å². The molecular weight excluding hydrogens is 116 g/mol. The van der Waals surface area contributed by atoms with Gasteiger partial charge in [0.05, 0.1) is 13.8 Å². The molecular formula is C6H14OSi. The second-order valence-electron chi connectivity index (χ2n) is 3.05. The fraction of sp³-hybridized carbons (Fsp3) is 0.667. The van der Waals surface area contributed by atoms with Gasteiger partial charge in [0, 0.05) is 0 Å². The van der Waals surface area contributed by atoms with Crippen molar-refractivity contribution in [2.24, 2.45) is 0 Å². The van der Waals surface area contributed by atoms with E-state index in [0.717, 1.165) is 0 Å². The first-order valence-electron chi connectivity index (χ1n) is 2.79. The van der Waals surface area contributed by atoms with Crippen molar-refractivity contribution >= 4 is 8.07 Å². The first-order chi connectivity index (χ1) is 3.48. The van der Waals surface area contributed by atoms with Gasteiger partial charge in [-0.15, -0.1) is 6.58 Å². The fourth-order valence-electron chi connectivity index (χ4n) is 0.354. The summed E-state index contributed by atoms with van der Waals surface area (Å²) in [5, 5.41) is 9.14. The Bertz CT molecular complexity index is 83.0. The summed E-state index contributed by atoms with van der Waals surface area (Å²) in [6, 6.07) is 0. The van der Waals surface area contributed by atoms with Gasteiger partial charge >= 0.3 is 0 Å². The maximum atomic E-state index is 9.14. The minimum Gasteiger partial charge on any atom is -0.393 e. The molecule has 0 aliphatic rings. The molecule has 0 aromatic rings. The van der Waals surface area contributed by atoms with Gasteiger partial charge in [0.2, 0.25) is 0 Å². The average molecular weight is 130 g/mol. The van der Waals surface area contributed by atoms with Crippen molar-refractivity contribution in [2.45, 2.75) is 25.4 Å². The Morgan fingerprint density at radius 3 is 1.88 bits per heavy atom. The first-order valence-corrected chi connectivity index (χ1v) is 6.37. The minimum absolute atomic E-state index is 0.248. The summed E-state index contributed by atoms with van der Waals surface area (Å²) in [4.78, 5) is 0. The molecule has 0 spiro atoms. The monoisotopic (exact) mass is 130 g/mol. The second-order valence-corrected chi connectivity index (χ2v) is 8.37. The van der Waals surface area contributed by atoms with E-state index >= 15 is 0 Å². The topological polar surface area (TPSA) is 20.2 Å². The molecule has 0 aliphatic carbocycles. The van der Waals surface area contributed by atoms with E-state index in [-0.39, 0.29) is 5.73 Å². The van der Waals surface area contributed by atoms with E-state index in [1.54, 1.807) is 6.08 Å². The molecule has 8 heavy (non-hydrogen) atoms. The highest BCUT2D eigenvalue weighted by Crippen LogP contribution is 2.06. The smallest absolute Gasteiger partial charge is 0.0830 e. The summed E-state index contributed by atoms with van der Waals surface area (Å²) in [6.45, 7) is 9.84. The number of hydrogen-bond donors (Lipinski definition) is 1. The zero-order valence-corrected chi connectivity index (χ0v) is 6.81.